The highest BCUT2D eigenvalue weighted by Crippen LogP contribution is 2.11. The van der Waals surface area contributed by atoms with Gasteiger partial charge in [0.15, 0.2) is 0 Å². The summed E-state index contributed by atoms with van der Waals surface area (Å²) in [5, 5.41) is 0. The van der Waals surface area contributed by atoms with Gasteiger partial charge in [0, 0.05) is 6.42 Å². The van der Waals surface area contributed by atoms with Gasteiger partial charge >= 0.3 is 0 Å². The van der Waals surface area contributed by atoms with Crippen molar-refractivity contribution in [3.8, 4) is 0 Å². The quantitative estimate of drug-likeness (QED) is 0.377. The van der Waals surface area contributed by atoms with E-state index in [1.54, 1.807) is 12.1 Å². The minimum Gasteiger partial charge on any atom is -0.303 e. The number of benzene rings is 1. The lowest BCUT2D eigenvalue weighted by Crippen LogP contribution is -1.86. The van der Waals surface area contributed by atoms with Crippen molar-refractivity contribution < 1.29 is 9.18 Å². The fourth-order valence-electron chi connectivity index (χ4n) is 1.91. The maximum absolute atomic E-state index is 12.9. The van der Waals surface area contributed by atoms with E-state index in [0.717, 1.165) is 44.0 Å². The molecule has 0 spiro atoms. The SMILES string of the molecule is CC(=CCCc1cccc(F)c1)CCCCC=O. The van der Waals surface area contributed by atoms with Crippen molar-refractivity contribution in [2.75, 3.05) is 0 Å². The van der Waals surface area contributed by atoms with Crippen LogP contribution in [0.25, 0.3) is 0 Å². The van der Waals surface area contributed by atoms with Crippen LogP contribution in [-0.2, 0) is 11.2 Å². The Balaban J connectivity index is 2.24. The van der Waals surface area contributed by atoms with E-state index in [1.165, 1.54) is 11.6 Å². The number of carbonyl (C=O) groups excluding carboxylic acids is 1. The molecule has 0 bridgehead atoms. The minimum atomic E-state index is -0.165. The first-order valence-electron chi connectivity index (χ1n) is 6.56. The van der Waals surface area contributed by atoms with Crippen molar-refractivity contribution >= 4 is 6.29 Å². The van der Waals surface area contributed by atoms with Crippen molar-refractivity contribution in [1.82, 2.24) is 0 Å². The van der Waals surface area contributed by atoms with Gasteiger partial charge in [-0.2, -0.15) is 0 Å². The Morgan fingerprint density at radius 3 is 2.83 bits per heavy atom. The van der Waals surface area contributed by atoms with E-state index in [1.807, 2.05) is 6.07 Å². The standard InChI is InChI=1S/C16H21FO/c1-14(7-3-2-4-12-18)8-5-9-15-10-6-11-16(17)13-15/h6,8,10-13H,2-5,7,9H2,1H3. The molecular weight excluding hydrogens is 227 g/mol. The van der Waals surface area contributed by atoms with Crippen LogP contribution in [0.5, 0.6) is 0 Å². The molecule has 1 aromatic carbocycles. The minimum absolute atomic E-state index is 0.165. The average Bonchev–Trinajstić information content (AvgIpc) is 2.35. The number of allylic oxidation sites excluding steroid dienone is 2. The second-order valence-corrected chi connectivity index (χ2v) is 4.63. The molecule has 1 nitrogen and oxygen atoms in total. The van der Waals surface area contributed by atoms with Gasteiger partial charge in [0.2, 0.25) is 0 Å². The Kier molecular flexibility index (Phi) is 7.00. The maximum Gasteiger partial charge on any atom is 0.123 e. The zero-order chi connectivity index (χ0) is 13.2. The van der Waals surface area contributed by atoms with Gasteiger partial charge in [-0.05, 0) is 56.7 Å². The maximum atomic E-state index is 12.9. The van der Waals surface area contributed by atoms with Gasteiger partial charge in [-0.1, -0.05) is 23.8 Å². The second-order valence-electron chi connectivity index (χ2n) is 4.63. The predicted molar refractivity (Wildman–Crippen MR) is 73.0 cm³/mol. The summed E-state index contributed by atoms with van der Waals surface area (Å²) in [5.41, 5.74) is 2.40. The number of halogens is 1. The highest BCUT2D eigenvalue weighted by atomic mass is 19.1. The monoisotopic (exact) mass is 248 g/mol. The lowest BCUT2D eigenvalue weighted by Gasteiger charge is -2.01. The van der Waals surface area contributed by atoms with Gasteiger partial charge in [0.1, 0.15) is 12.1 Å². The van der Waals surface area contributed by atoms with Crippen LogP contribution in [0.2, 0.25) is 0 Å². The fourth-order valence-corrected chi connectivity index (χ4v) is 1.91. The molecule has 0 aliphatic carbocycles. The third kappa shape index (κ3) is 6.33. The Morgan fingerprint density at radius 1 is 1.28 bits per heavy atom. The van der Waals surface area contributed by atoms with Crippen molar-refractivity contribution in [3.05, 3.63) is 47.3 Å². The van der Waals surface area contributed by atoms with E-state index >= 15 is 0 Å². The summed E-state index contributed by atoms with van der Waals surface area (Å²) >= 11 is 0. The van der Waals surface area contributed by atoms with Crippen LogP contribution in [0.1, 0.15) is 44.6 Å². The first-order valence-corrected chi connectivity index (χ1v) is 6.56. The van der Waals surface area contributed by atoms with Gasteiger partial charge in [-0.15, -0.1) is 0 Å². The van der Waals surface area contributed by atoms with Crippen molar-refractivity contribution in [3.63, 3.8) is 0 Å². The Bertz CT molecular complexity index is 396. The van der Waals surface area contributed by atoms with E-state index in [0.29, 0.717) is 6.42 Å². The number of aryl methyl sites for hydroxylation is 1. The number of carbonyl (C=O) groups is 1. The average molecular weight is 248 g/mol. The molecule has 0 aromatic heterocycles. The first-order chi connectivity index (χ1) is 8.72. The molecule has 0 aliphatic rings. The topological polar surface area (TPSA) is 17.1 Å². The molecule has 0 saturated heterocycles. The van der Waals surface area contributed by atoms with E-state index < -0.39 is 0 Å². The summed E-state index contributed by atoms with van der Waals surface area (Å²) < 4.78 is 12.9. The Morgan fingerprint density at radius 2 is 2.11 bits per heavy atom. The molecule has 1 aromatic rings. The molecule has 2 heteroatoms. The van der Waals surface area contributed by atoms with Crippen LogP contribution in [0.3, 0.4) is 0 Å². The van der Waals surface area contributed by atoms with Gasteiger partial charge in [-0.3, -0.25) is 0 Å². The zero-order valence-electron chi connectivity index (χ0n) is 11.0. The number of hydrogen-bond donors (Lipinski definition) is 0. The van der Waals surface area contributed by atoms with Crippen LogP contribution in [-0.4, -0.2) is 6.29 Å². The predicted octanol–water partition coefficient (Wildman–Crippen LogP) is 4.46. The molecule has 1 rings (SSSR count). The largest absolute Gasteiger partial charge is 0.303 e. The number of rotatable bonds is 8. The Hall–Kier alpha value is -1.44. The van der Waals surface area contributed by atoms with E-state index in [4.69, 9.17) is 0 Å². The van der Waals surface area contributed by atoms with Gasteiger partial charge in [-0.25, -0.2) is 4.39 Å². The molecule has 0 radical (unpaired) electrons. The molecule has 0 atom stereocenters. The summed E-state index contributed by atoms with van der Waals surface area (Å²) in [6.45, 7) is 2.12. The molecule has 0 unspecified atom stereocenters. The van der Waals surface area contributed by atoms with Crippen molar-refractivity contribution in [2.24, 2.45) is 0 Å². The van der Waals surface area contributed by atoms with Crippen LogP contribution in [0.15, 0.2) is 35.9 Å². The summed E-state index contributed by atoms with van der Waals surface area (Å²) in [6, 6.07) is 6.77. The number of hydrogen-bond acceptors (Lipinski definition) is 1. The molecule has 0 fully saturated rings. The normalized spacial score (nSPS) is 11.6. The fraction of sp³-hybridized carbons (Fsp3) is 0.438. The van der Waals surface area contributed by atoms with Crippen molar-refractivity contribution in [2.45, 2.75) is 45.4 Å². The van der Waals surface area contributed by atoms with E-state index in [-0.39, 0.29) is 5.82 Å². The van der Waals surface area contributed by atoms with Gasteiger partial charge in [0.05, 0.1) is 0 Å². The highest BCUT2D eigenvalue weighted by molar-refractivity contribution is 5.48. The Labute approximate surface area is 109 Å². The molecule has 0 N–H and O–H groups in total. The molecule has 0 saturated carbocycles. The molecular formula is C16H21FO. The molecule has 0 amide bonds. The van der Waals surface area contributed by atoms with Crippen LogP contribution in [0, 0.1) is 5.82 Å². The summed E-state index contributed by atoms with van der Waals surface area (Å²) in [7, 11) is 0. The number of aldehydes is 1. The molecule has 0 heterocycles. The number of unbranched alkanes of at least 4 members (excludes halogenated alkanes) is 2. The smallest absolute Gasteiger partial charge is 0.123 e. The van der Waals surface area contributed by atoms with Crippen LogP contribution >= 0.6 is 0 Å². The molecule has 98 valence electrons. The van der Waals surface area contributed by atoms with Crippen LogP contribution in [0.4, 0.5) is 4.39 Å². The highest BCUT2D eigenvalue weighted by Gasteiger charge is 1.95. The van der Waals surface area contributed by atoms with Crippen LogP contribution < -0.4 is 0 Å². The molecule has 0 aliphatic heterocycles. The van der Waals surface area contributed by atoms with Gasteiger partial charge < -0.3 is 4.79 Å². The van der Waals surface area contributed by atoms with Gasteiger partial charge in [0.25, 0.3) is 0 Å². The third-order valence-electron chi connectivity index (χ3n) is 2.96. The summed E-state index contributed by atoms with van der Waals surface area (Å²) in [4.78, 5) is 10.2. The first kappa shape index (κ1) is 14.6. The lowest BCUT2D eigenvalue weighted by molar-refractivity contribution is -0.107. The second kappa shape index (κ2) is 8.62. The zero-order valence-corrected chi connectivity index (χ0v) is 11.0. The lowest BCUT2D eigenvalue weighted by atomic mass is 10.0. The van der Waals surface area contributed by atoms with E-state index in [9.17, 15) is 9.18 Å². The third-order valence-corrected chi connectivity index (χ3v) is 2.96. The summed E-state index contributed by atoms with van der Waals surface area (Å²) in [6.07, 6.45) is 8.77. The van der Waals surface area contributed by atoms with Crippen molar-refractivity contribution in [1.29, 1.82) is 0 Å². The van der Waals surface area contributed by atoms with E-state index in [2.05, 4.69) is 13.0 Å². The molecule has 18 heavy (non-hydrogen) atoms. The summed E-state index contributed by atoms with van der Waals surface area (Å²) in [5.74, 6) is -0.165.